The van der Waals surface area contributed by atoms with Crippen LogP contribution in [0.2, 0.25) is 0 Å². The van der Waals surface area contributed by atoms with Crippen molar-refractivity contribution in [3.63, 3.8) is 0 Å². The number of quaternary nitrogens is 1. The summed E-state index contributed by atoms with van der Waals surface area (Å²) in [5.41, 5.74) is 17.5. The third kappa shape index (κ3) is 5.96. The summed E-state index contributed by atoms with van der Waals surface area (Å²) in [6.45, 7) is 0.425. The third-order valence-electron chi connectivity index (χ3n) is 6.84. The summed E-state index contributed by atoms with van der Waals surface area (Å²) in [6, 6.07) is 18.7. The lowest BCUT2D eigenvalue weighted by Gasteiger charge is -2.22. The van der Waals surface area contributed by atoms with E-state index in [4.69, 9.17) is 11.5 Å². The van der Waals surface area contributed by atoms with Gasteiger partial charge in [-0.05, 0) is 59.5 Å². The number of rotatable bonds is 9. The van der Waals surface area contributed by atoms with Gasteiger partial charge >= 0.3 is 0 Å². The van der Waals surface area contributed by atoms with Crippen LogP contribution in [0.25, 0.3) is 16.7 Å². The van der Waals surface area contributed by atoms with Crippen LogP contribution in [0.1, 0.15) is 45.2 Å². The van der Waals surface area contributed by atoms with Crippen LogP contribution in [-0.2, 0) is 17.8 Å². The van der Waals surface area contributed by atoms with Crippen molar-refractivity contribution < 1.29 is 23.7 Å². The predicted molar refractivity (Wildman–Crippen MR) is 148 cm³/mol. The van der Waals surface area contributed by atoms with Crippen molar-refractivity contribution in [2.24, 2.45) is 11.5 Å². The molecule has 1 aliphatic heterocycles. The van der Waals surface area contributed by atoms with Crippen molar-refractivity contribution in [1.29, 1.82) is 0 Å². The molecule has 1 atom stereocenters. The topological polar surface area (TPSA) is 128 Å². The Morgan fingerprint density at radius 1 is 0.925 bits per heavy atom. The second-order valence-electron chi connectivity index (χ2n) is 9.64. The largest absolute Gasteiger partial charge is 0.366 e. The fourth-order valence-electron chi connectivity index (χ4n) is 4.98. The Kier molecular flexibility index (Phi) is 7.77. The Morgan fingerprint density at radius 2 is 1.73 bits per heavy atom. The van der Waals surface area contributed by atoms with Crippen LogP contribution in [0.4, 0.5) is 14.5 Å². The summed E-state index contributed by atoms with van der Waals surface area (Å²) in [5, 5.41) is 4.99. The predicted octanol–water partition coefficient (Wildman–Crippen LogP) is 3.62. The summed E-state index contributed by atoms with van der Waals surface area (Å²) in [5.74, 6) is -2.28. The molecule has 0 bridgehead atoms. The van der Waals surface area contributed by atoms with Crippen LogP contribution >= 0.6 is 0 Å². The fourth-order valence-corrected chi connectivity index (χ4v) is 4.98. The Morgan fingerprint density at radius 3 is 2.48 bits per heavy atom. The van der Waals surface area contributed by atoms with Crippen molar-refractivity contribution >= 4 is 23.1 Å². The minimum absolute atomic E-state index is 0.0849. The van der Waals surface area contributed by atoms with Gasteiger partial charge in [0.25, 0.3) is 0 Å². The standard InChI is InChI=1S/C31H27F2N5O2/c32-23-9-19(10-24(33)15-23)12-28(30-26(5-2-8-36-30)20-3-1-4-21(13-20)31(35)40)38-29(39)14-22-17-37-27-11-18(16-34)6-7-25(22)27/h1-11,13,15,17,28,37H,12,14,16,34H2,(H2,35,40)(H,38,39)/p+1/t28-/m0/s1. The molecule has 202 valence electrons. The molecule has 0 spiro atoms. The highest BCUT2D eigenvalue weighted by atomic mass is 19.1. The molecule has 0 fully saturated rings. The second kappa shape index (κ2) is 11.6. The lowest BCUT2D eigenvalue weighted by Crippen LogP contribution is -2.69. The maximum absolute atomic E-state index is 14.1. The van der Waals surface area contributed by atoms with Crippen LogP contribution in [0.3, 0.4) is 0 Å². The van der Waals surface area contributed by atoms with E-state index >= 15 is 0 Å². The molecule has 0 radical (unpaired) electrons. The summed E-state index contributed by atoms with van der Waals surface area (Å²) in [7, 11) is 0. The number of hydrogen-bond donors (Lipinski definition) is 4. The van der Waals surface area contributed by atoms with E-state index in [2.05, 4.69) is 10.3 Å². The number of halogens is 2. The molecule has 1 aliphatic rings. The van der Waals surface area contributed by atoms with Crippen LogP contribution in [0.15, 0.2) is 85.2 Å². The zero-order valence-electron chi connectivity index (χ0n) is 21.5. The molecule has 2 amide bonds. The lowest BCUT2D eigenvalue weighted by molar-refractivity contribution is -0.491. The number of nitrogens with two attached hydrogens (primary N) is 3. The maximum Gasteiger partial charge on any atom is 0.248 e. The van der Waals surface area contributed by atoms with E-state index in [1.807, 2.05) is 35.8 Å². The zero-order chi connectivity index (χ0) is 28.2. The first kappa shape index (κ1) is 26.9. The van der Waals surface area contributed by atoms with Gasteiger partial charge in [-0.25, -0.2) is 8.78 Å². The second-order valence-corrected chi connectivity index (χ2v) is 9.64. The van der Waals surface area contributed by atoms with E-state index in [0.717, 1.165) is 28.5 Å². The summed E-state index contributed by atoms with van der Waals surface area (Å²) in [4.78, 5) is 29.8. The van der Waals surface area contributed by atoms with Crippen LogP contribution in [0.5, 0.6) is 0 Å². The van der Waals surface area contributed by atoms with Crippen molar-refractivity contribution in [3.8, 4) is 11.1 Å². The van der Waals surface area contributed by atoms with E-state index in [1.165, 1.54) is 12.1 Å². The number of amides is 2. The minimum atomic E-state index is -0.729. The van der Waals surface area contributed by atoms with Crippen molar-refractivity contribution in [2.45, 2.75) is 25.4 Å². The van der Waals surface area contributed by atoms with Crippen molar-refractivity contribution in [3.05, 3.63) is 125 Å². The molecule has 3 aromatic carbocycles. The number of carbonyl (C=O) groups is 2. The van der Waals surface area contributed by atoms with Crippen LogP contribution in [0, 0.1) is 11.6 Å². The molecule has 4 aromatic rings. The van der Waals surface area contributed by atoms with Gasteiger partial charge in [0, 0.05) is 47.1 Å². The molecule has 7 nitrogen and oxygen atoms in total. The number of primary amides is 1. The molecular weight excluding hydrogens is 512 g/mol. The number of aromatic nitrogens is 1. The highest BCUT2D eigenvalue weighted by Gasteiger charge is 2.25. The van der Waals surface area contributed by atoms with Gasteiger partial charge in [-0.15, -0.1) is 0 Å². The molecular formula is C31H28F2N5O2+. The summed E-state index contributed by atoms with van der Waals surface area (Å²) in [6.07, 6.45) is 3.67. The number of hydrogen-bond acceptors (Lipinski definition) is 4. The molecule has 0 saturated carbocycles. The number of benzene rings is 3. The Bertz CT molecular complexity index is 1620. The molecule has 0 unspecified atom stereocenters. The Labute approximate surface area is 229 Å². The molecule has 0 aliphatic carbocycles. The molecule has 0 saturated heterocycles. The van der Waals surface area contributed by atoms with Gasteiger partial charge in [0.15, 0.2) is 0 Å². The fraction of sp³-hybridized carbons (Fsp3) is 0.129. The normalized spacial score (nSPS) is 12.9. The number of fused-ring (bicyclic) bond motifs is 1. The maximum atomic E-state index is 14.1. The first-order chi connectivity index (χ1) is 19.3. The average Bonchev–Trinajstić information content (AvgIpc) is 3.33. The molecule has 2 heterocycles. The van der Waals surface area contributed by atoms with Crippen LogP contribution < -0.4 is 22.1 Å². The Balaban J connectivity index is 1.47. The molecule has 9 heteroatoms. The van der Waals surface area contributed by atoms with E-state index in [9.17, 15) is 18.4 Å². The molecule has 5 rings (SSSR count). The van der Waals surface area contributed by atoms with Gasteiger partial charge in [0.2, 0.25) is 11.8 Å². The van der Waals surface area contributed by atoms with Crippen molar-refractivity contribution in [2.75, 3.05) is 0 Å². The lowest BCUT2D eigenvalue weighted by atomic mass is 9.94. The summed E-state index contributed by atoms with van der Waals surface area (Å²) < 4.78 is 28.1. The van der Waals surface area contributed by atoms with E-state index in [1.54, 1.807) is 36.5 Å². The van der Waals surface area contributed by atoms with Gasteiger partial charge in [0.05, 0.1) is 18.2 Å². The quantitative estimate of drug-likeness (QED) is 0.242. The Hall–Kier alpha value is -4.73. The van der Waals surface area contributed by atoms with E-state index in [0.29, 0.717) is 34.5 Å². The minimum Gasteiger partial charge on any atom is -0.366 e. The number of carbonyl (C=O) groups excluding carboxylic acids is 2. The monoisotopic (exact) mass is 540 g/mol. The average molecular weight is 541 g/mol. The first-order valence-corrected chi connectivity index (χ1v) is 12.8. The number of nitrogens with one attached hydrogen (secondary N) is 1. The van der Waals surface area contributed by atoms with E-state index in [-0.39, 0.29) is 18.7 Å². The van der Waals surface area contributed by atoms with Gasteiger partial charge in [-0.1, -0.05) is 24.3 Å². The van der Waals surface area contributed by atoms with E-state index < -0.39 is 23.6 Å². The molecule has 40 heavy (non-hydrogen) atoms. The van der Waals surface area contributed by atoms with Gasteiger partial charge in [-0.3, -0.25) is 19.9 Å². The third-order valence-corrected chi connectivity index (χ3v) is 6.84. The van der Waals surface area contributed by atoms with Gasteiger partial charge in [-0.2, -0.15) is 0 Å². The molecule has 7 N–H and O–H groups in total. The van der Waals surface area contributed by atoms with Gasteiger partial charge < -0.3 is 16.8 Å². The first-order valence-electron chi connectivity index (χ1n) is 12.8. The number of pyridine rings is 1. The van der Waals surface area contributed by atoms with Gasteiger partial charge in [0.1, 0.15) is 23.5 Å². The summed E-state index contributed by atoms with van der Waals surface area (Å²) >= 11 is 0. The van der Waals surface area contributed by atoms with Crippen LogP contribution in [-0.4, -0.2) is 16.8 Å². The molecule has 1 aromatic heterocycles. The zero-order valence-corrected chi connectivity index (χ0v) is 21.5. The highest BCUT2D eigenvalue weighted by Crippen LogP contribution is 2.31. The smallest absolute Gasteiger partial charge is 0.248 e. The van der Waals surface area contributed by atoms with Crippen molar-refractivity contribution in [1.82, 2.24) is 10.3 Å². The number of nitrogens with zero attached hydrogens (tertiary/aromatic N) is 1. The SMILES string of the molecule is NCc1ccc2c(c1)[NH2+]C=C2CC(=O)N[C@@H](Cc1cc(F)cc(F)c1)c1ncccc1-c1cccc(C(N)=O)c1. The highest BCUT2D eigenvalue weighted by molar-refractivity contribution is 5.94.